The van der Waals surface area contributed by atoms with Gasteiger partial charge in [-0.15, -0.1) is 10.2 Å². The zero-order valence-electron chi connectivity index (χ0n) is 12.5. The van der Waals surface area contributed by atoms with Crippen LogP contribution >= 0.6 is 22.9 Å². The summed E-state index contributed by atoms with van der Waals surface area (Å²) < 4.78 is 0. The Morgan fingerprint density at radius 3 is 2.40 bits per heavy atom. The number of phenols is 2. The number of rotatable bonds is 3. The summed E-state index contributed by atoms with van der Waals surface area (Å²) in [6.07, 6.45) is 0. The Bertz CT molecular complexity index is 870. The molecule has 0 spiro atoms. The Hall–Kier alpha value is -2.72. The normalized spacial score (nSPS) is 9.64. The molecule has 8 nitrogen and oxygen atoms in total. The van der Waals surface area contributed by atoms with Crippen LogP contribution in [0.5, 0.6) is 11.5 Å². The molecule has 1 aromatic heterocycles. The Morgan fingerprint density at radius 1 is 1.04 bits per heavy atom. The predicted molar refractivity (Wildman–Crippen MR) is 95.3 cm³/mol. The third-order valence-corrected chi connectivity index (χ3v) is 4.12. The van der Waals surface area contributed by atoms with Crippen molar-refractivity contribution >= 4 is 34.0 Å². The van der Waals surface area contributed by atoms with Crippen molar-refractivity contribution in [2.24, 2.45) is 0 Å². The average molecular weight is 384 g/mol. The van der Waals surface area contributed by atoms with E-state index in [0.717, 1.165) is 11.3 Å². The Kier molecular flexibility index (Phi) is 6.83. The average Bonchev–Trinajstić information content (AvgIpc) is 2.99. The van der Waals surface area contributed by atoms with Gasteiger partial charge in [-0.2, -0.15) is 0 Å². The highest BCUT2D eigenvalue weighted by Crippen LogP contribution is 2.38. The van der Waals surface area contributed by atoms with Crippen LogP contribution in [0.1, 0.15) is 10.4 Å². The maximum atomic E-state index is 12.1. The van der Waals surface area contributed by atoms with Crippen molar-refractivity contribution in [2.45, 2.75) is 0 Å². The molecule has 0 fully saturated rings. The number of para-hydroxylation sites is 1. The molecule has 0 radical (unpaired) electrons. The number of phenolic OH excluding ortho intramolecular Hbond substituents is 2. The molecule has 2 aromatic carbocycles. The van der Waals surface area contributed by atoms with E-state index in [4.69, 9.17) is 11.6 Å². The SMILES string of the molecule is O.O.O=C(Nc1nnc(-c2cccc(O)c2O)s1)c1ccc(Cl)cc1. The third-order valence-electron chi connectivity index (χ3n) is 3.00. The van der Waals surface area contributed by atoms with Crippen molar-refractivity contribution in [3.8, 4) is 22.1 Å². The summed E-state index contributed by atoms with van der Waals surface area (Å²) in [5.74, 6) is -0.867. The first-order valence-corrected chi connectivity index (χ1v) is 7.66. The topological polar surface area (TPSA) is 158 Å². The van der Waals surface area contributed by atoms with E-state index >= 15 is 0 Å². The first-order valence-electron chi connectivity index (χ1n) is 6.46. The van der Waals surface area contributed by atoms with Crippen LogP contribution in [0, 0.1) is 0 Å². The van der Waals surface area contributed by atoms with Crippen LogP contribution in [-0.4, -0.2) is 37.3 Å². The van der Waals surface area contributed by atoms with Crippen molar-refractivity contribution in [1.29, 1.82) is 0 Å². The van der Waals surface area contributed by atoms with E-state index < -0.39 is 0 Å². The fraction of sp³-hybridized carbons (Fsp3) is 0. The molecule has 3 rings (SSSR count). The molecule has 7 N–H and O–H groups in total. The second kappa shape index (κ2) is 8.40. The van der Waals surface area contributed by atoms with E-state index in [2.05, 4.69) is 15.5 Å². The minimum absolute atomic E-state index is 0. The molecule has 0 aliphatic heterocycles. The van der Waals surface area contributed by atoms with Crippen LogP contribution in [0.2, 0.25) is 5.02 Å². The number of carbonyl (C=O) groups excluding carboxylic acids is 1. The number of amides is 1. The van der Waals surface area contributed by atoms with Crippen molar-refractivity contribution < 1.29 is 26.0 Å². The largest absolute Gasteiger partial charge is 0.504 e. The lowest BCUT2D eigenvalue weighted by molar-refractivity contribution is 0.102. The van der Waals surface area contributed by atoms with Gasteiger partial charge in [0.25, 0.3) is 5.91 Å². The molecule has 25 heavy (non-hydrogen) atoms. The highest BCUT2D eigenvalue weighted by molar-refractivity contribution is 7.18. The van der Waals surface area contributed by atoms with Gasteiger partial charge in [0.1, 0.15) is 0 Å². The minimum Gasteiger partial charge on any atom is -0.504 e. The molecule has 1 amide bonds. The first kappa shape index (κ1) is 20.3. The molecule has 0 atom stereocenters. The number of hydrogen-bond donors (Lipinski definition) is 3. The van der Waals surface area contributed by atoms with Gasteiger partial charge in [-0.25, -0.2) is 0 Å². The zero-order valence-corrected chi connectivity index (χ0v) is 14.1. The molecular formula is C15H14ClN3O5S. The summed E-state index contributed by atoms with van der Waals surface area (Å²) in [6.45, 7) is 0. The predicted octanol–water partition coefficient (Wildman–Crippen LogP) is 1.87. The van der Waals surface area contributed by atoms with E-state index in [1.807, 2.05) is 0 Å². The number of anilines is 1. The maximum absolute atomic E-state index is 12.1. The lowest BCUT2D eigenvalue weighted by Gasteiger charge is -2.02. The number of aromatic nitrogens is 2. The quantitative estimate of drug-likeness (QED) is 0.588. The van der Waals surface area contributed by atoms with Crippen LogP contribution < -0.4 is 5.32 Å². The van der Waals surface area contributed by atoms with Crippen molar-refractivity contribution in [1.82, 2.24) is 10.2 Å². The molecular weight excluding hydrogens is 370 g/mol. The maximum Gasteiger partial charge on any atom is 0.257 e. The molecule has 0 aliphatic carbocycles. The lowest BCUT2D eigenvalue weighted by atomic mass is 10.2. The molecule has 10 heteroatoms. The molecule has 0 saturated carbocycles. The van der Waals surface area contributed by atoms with Crippen molar-refractivity contribution in [2.75, 3.05) is 5.32 Å². The van der Waals surface area contributed by atoms with Crippen LogP contribution in [-0.2, 0) is 0 Å². The molecule has 0 unspecified atom stereocenters. The van der Waals surface area contributed by atoms with E-state index in [0.29, 0.717) is 21.2 Å². The van der Waals surface area contributed by atoms with Gasteiger partial charge in [0.2, 0.25) is 5.13 Å². The molecule has 0 saturated heterocycles. The van der Waals surface area contributed by atoms with Gasteiger partial charge in [0.15, 0.2) is 16.5 Å². The Labute approximate surface area is 151 Å². The van der Waals surface area contributed by atoms with E-state index in [9.17, 15) is 15.0 Å². The highest BCUT2D eigenvalue weighted by Gasteiger charge is 2.15. The van der Waals surface area contributed by atoms with Gasteiger partial charge in [-0.3, -0.25) is 10.1 Å². The number of aromatic hydroxyl groups is 2. The highest BCUT2D eigenvalue weighted by atomic mass is 35.5. The minimum atomic E-state index is -0.343. The van der Waals surface area contributed by atoms with Gasteiger partial charge < -0.3 is 21.2 Å². The fourth-order valence-electron chi connectivity index (χ4n) is 1.86. The van der Waals surface area contributed by atoms with Gasteiger partial charge in [0.05, 0.1) is 5.56 Å². The number of nitrogens with one attached hydrogen (secondary N) is 1. The third kappa shape index (κ3) is 4.43. The van der Waals surface area contributed by atoms with Gasteiger partial charge in [-0.1, -0.05) is 29.0 Å². The molecule has 3 aromatic rings. The second-order valence-electron chi connectivity index (χ2n) is 4.55. The molecule has 1 heterocycles. The first-order chi connectivity index (χ1) is 11.0. The number of benzene rings is 2. The van der Waals surface area contributed by atoms with E-state index in [1.54, 1.807) is 36.4 Å². The number of nitrogens with zero attached hydrogens (tertiary/aromatic N) is 2. The van der Waals surface area contributed by atoms with E-state index in [1.165, 1.54) is 6.07 Å². The number of carbonyl (C=O) groups is 1. The molecule has 0 bridgehead atoms. The van der Waals surface area contributed by atoms with Crippen LogP contribution in [0.15, 0.2) is 42.5 Å². The Balaban J connectivity index is 0.00000156. The summed E-state index contributed by atoms with van der Waals surface area (Å²) >= 11 is 6.86. The Morgan fingerprint density at radius 2 is 1.72 bits per heavy atom. The van der Waals surface area contributed by atoms with Gasteiger partial charge in [-0.05, 0) is 36.4 Å². The summed E-state index contributed by atoms with van der Waals surface area (Å²) in [4.78, 5) is 12.1. The van der Waals surface area contributed by atoms with E-state index in [-0.39, 0.29) is 33.5 Å². The van der Waals surface area contributed by atoms with Gasteiger partial charge in [0, 0.05) is 10.6 Å². The number of halogens is 1. The van der Waals surface area contributed by atoms with Crippen LogP contribution in [0.4, 0.5) is 5.13 Å². The van der Waals surface area contributed by atoms with Crippen molar-refractivity contribution in [3.63, 3.8) is 0 Å². The zero-order chi connectivity index (χ0) is 16.4. The summed E-state index contributed by atoms with van der Waals surface area (Å²) in [6, 6.07) is 11.0. The standard InChI is InChI=1S/C15H10ClN3O3S.2H2O/c16-9-6-4-8(5-7-9)13(22)17-15-19-18-14(23-15)10-2-1-3-11(20)12(10)21;;/h1-7,20-21H,(H,17,19,22);2*1H2. The fourth-order valence-corrected chi connectivity index (χ4v) is 2.75. The smallest absolute Gasteiger partial charge is 0.257 e. The monoisotopic (exact) mass is 383 g/mol. The summed E-state index contributed by atoms with van der Waals surface area (Å²) in [5.41, 5.74) is 0.779. The molecule has 0 aliphatic rings. The van der Waals surface area contributed by atoms with Crippen LogP contribution in [0.3, 0.4) is 0 Å². The van der Waals surface area contributed by atoms with Gasteiger partial charge >= 0.3 is 0 Å². The number of hydrogen-bond acceptors (Lipinski definition) is 6. The van der Waals surface area contributed by atoms with Crippen LogP contribution in [0.25, 0.3) is 10.6 Å². The van der Waals surface area contributed by atoms with Crippen molar-refractivity contribution in [3.05, 3.63) is 53.1 Å². The summed E-state index contributed by atoms with van der Waals surface area (Å²) in [7, 11) is 0. The second-order valence-corrected chi connectivity index (χ2v) is 5.96. The lowest BCUT2D eigenvalue weighted by Crippen LogP contribution is -2.11. The summed E-state index contributed by atoms with van der Waals surface area (Å²) in [5, 5.41) is 30.9. The molecule has 132 valence electrons.